The standard InChI is InChI=1S/C17H20F2N2O3/c1-10(9-14(22)15-7-4-8-24-15)20-17(23)21-11(2)12-5-3-6-13(18)16(12)19/h3-8,10-11,14,22H,9H2,1-2H3,(H2,20,21,23). The van der Waals surface area contributed by atoms with Gasteiger partial charge in [0.2, 0.25) is 0 Å². The SMILES string of the molecule is CC(CC(O)c1ccco1)NC(=O)NC(C)c1cccc(F)c1F. The molecule has 1 aromatic heterocycles. The topological polar surface area (TPSA) is 74.5 Å². The number of amides is 2. The quantitative estimate of drug-likeness (QED) is 0.755. The molecule has 3 N–H and O–H groups in total. The van der Waals surface area contributed by atoms with E-state index in [1.807, 2.05) is 0 Å². The Labute approximate surface area is 138 Å². The van der Waals surface area contributed by atoms with Crippen LogP contribution in [0, 0.1) is 11.6 Å². The lowest BCUT2D eigenvalue weighted by atomic mass is 10.1. The minimum absolute atomic E-state index is 0.0634. The van der Waals surface area contributed by atoms with Crippen molar-refractivity contribution in [2.45, 2.75) is 38.5 Å². The highest BCUT2D eigenvalue weighted by atomic mass is 19.2. The average molecular weight is 338 g/mol. The van der Waals surface area contributed by atoms with Crippen molar-refractivity contribution >= 4 is 6.03 Å². The molecule has 0 aliphatic carbocycles. The molecule has 1 heterocycles. The molecule has 3 atom stereocenters. The molecule has 7 heteroatoms. The van der Waals surface area contributed by atoms with Crippen LogP contribution in [-0.4, -0.2) is 17.2 Å². The maximum atomic E-state index is 13.7. The predicted molar refractivity (Wildman–Crippen MR) is 84.2 cm³/mol. The van der Waals surface area contributed by atoms with Gasteiger partial charge in [0, 0.05) is 18.0 Å². The lowest BCUT2D eigenvalue weighted by Crippen LogP contribution is -2.42. The number of hydrogen-bond donors (Lipinski definition) is 3. The van der Waals surface area contributed by atoms with Gasteiger partial charge in [-0.05, 0) is 32.0 Å². The summed E-state index contributed by atoms with van der Waals surface area (Å²) >= 11 is 0. The number of carbonyl (C=O) groups is 1. The third-order valence-corrected chi connectivity index (χ3v) is 3.62. The number of rotatable bonds is 6. The second kappa shape index (κ2) is 7.92. The maximum Gasteiger partial charge on any atom is 0.315 e. The van der Waals surface area contributed by atoms with Crippen molar-refractivity contribution in [3.63, 3.8) is 0 Å². The Balaban J connectivity index is 1.87. The molecule has 2 rings (SSSR count). The molecule has 24 heavy (non-hydrogen) atoms. The Kier molecular flexibility index (Phi) is 5.92. The zero-order valence-corrected chi connectivity index (χ0v) is 13.4. The van der Waals surface area contributed by atoms with Crippen molar-refractivity contribution in [1.29, 1.82) is 0 Å². The highest BCUT2D eigenvalue weighted by molar-refractivity contribution is 5.74. The molecular formula is C17H20F2N2O3. The normalized spacial score (nSPS) is 14.7. The van der Waals surface area contributed by atoms with E-state index < -0.39 is 29.8 Å². The number of halogens is 2. The summed E-state index contributed by atoms with van der Waals surface area (Å²) in [6.07, 6.45) is 0.871. The first kappa shape index (κ1) is 17.9. The summed E-state index contributed by atoms with van der Waals surface area (Å²) in [7, 11) is 0. The zero-order valence-electron chi connectivity index (χ0n) is 13.4. The number of carbonyl (C=O) groups excluding carboxylic acids is 1. The van der Waals surface area contributed by atoms with Gasteiger partial charge < -0.3 is 20.2 Å². The average Bonchev–Trinajstić information content (AvgIpc) is 3.03. The predicted octanol–water partition coefficient (Wildman–Crippen LogP) is 3.43. The number of furan rings is 1. The van der Waals surface area contributed by atoms with Crippen LogP contribution >= 0.6 is 0 Å². The van der Waals surface area contributed by atoms with E-state index in [4.69, 9.17) is 4.42 Å². The van der Waals surface area contributed by atoms with Gasteiger partial charge in [0.05, 0.1) is 12.3 Å². The van der Waals surface area contributed by atoms with Crippen molar-refractivity contribution in [1.82, 2.24) is 10.6 Å². The van der Waals surface area contributed by atoms with Crippen molar-refractivity contribution in [3.05, 3.63) is 59.6 Å². The van der Waals surface area contributed by atoms with Gasteiger partial charge in [-0.3, -0.25) is 0 Å². The Hall–Kier alpha value is -2.41. The van der Waals surface area contributed by atoms with Crippen molar-refractivity contribution in [2.24, 2.45) is 0 Å². The molecule has 0 aliphatic rings. The molecule has 0 fully saturated rings. The molecule has 5 nitrogen and oxygen atoms in total. The Morgan fingerprint density at radius 3 is 2.62 bits per heavy atom. The first-order valence-electron chi connectivity index (χ1n) is 7.61. The van der Waals surface area contributed by atoms with E-state index in [-0.39, 0.29) is 18.0 Å². The van der Waals surface area contributed by atoms with Crippen LogP contribution in [0.2, 0.25) is 0 Å². The minimum Gasteiger partial charge on any atom is -0.467 e. The van der Waals surface area contributed by atoms with E-state index in [2.05, 4.69) is 10.6 Å². The molecule has 0 saturated heterocycles. The van der Waals surface area contributed by atoms with Gasteiger partial charge in [-0.2, -0.15) is 0 Å². The van der Waals surface area contributed by atoms with Gasteiger partial charge in [0.1, 0.15) is 11.9 Å². The first-order valence-corrected chi connectivity index (χ1v) is 7.61. The van der Waals surface area contributed by atoms with Crippen LogP contribution in [0.1, 0.15) is 43.7 Å². The van der Waals surface area contributed by atoms with Gasteiger partial charge >= 0.3 is 6.03 Å². The fraction of sp³-hybridized carbons (Fsp3) is 0.353. The zero-order chi connectivity index (χ0) is 17.7. The van der Waals surface area contributed by atoms with Gasteiger partial charge in [-0.1, -0.05) is 12.1 Å². The molecule has 0 saturated carbocycles. The summed E-state index contributed by atoms with van der Waals surface area (Å²) in [5.41, 5.74) is 0.0634. The number of urea groups is 1. The minimum atomic E-state index is -0.980. The van der Waals surface area contributed by atoms with Crippen LogP contribution < -0.4 is 10.6 Å². The van der Waals surface area contributed by atoms with Gasteiger partial charge in [0.25, 0.3) is 0 Å². The van der Waals surface area contributed by atoms with E-state index in [0.29, 0.717) is 5.76 Å². The number of aliphatic hydroxyl groups is 1. The summed E-state index contributed by atoms with van der Waals surface area (Å²) in [5, 5.41) is 15.1. The summed E-state index contributed by atoms with van der Waals surface area (Å²) in [5.74, 6) is -1.53. The summed E-state index contributed by atoms with van der Waals surface area (Å²) in [6, 6.07) is 5.52. The maximum absolute atomic E-state index is 13.7. The highest BCUT2D eigenvalue weighted by Crippen LogP contribution is 2.20. The van der Waals surface area contributed by atoms with E-state index in [9.17, 15) is 18.7 Å². The van der Waals surface area contributed by atoms with Crippen LogP contribution in [0.5, 0.6) is 0 Å². The second-order valence-corrected chi connectivity index (χ2v) is 5.65. The van der Waals surface area contributed by atoms with Crippen LogP contribution in [0.4, 0.5) is 13.6 Å². The number of aliphatic hydroxyl groups excluding tert-OH is 1. The second-order valence-electron chi connectivity index (χ2n) is 5.65. The fourth-order valence-corrected chi connectivity index (χ4v) is 2.39. The molecule has 130 valence electrons. The monoisotopic (exact) mass is 338 g/mol. The van der Waals surface area contributed by atoms with Crippen molar-refractivity contribution in [2.75, 3.05) is 0 Å². The molecule has 0 aliphatic heterocycles. The van der Waals surface area contributed by atoms with E-state index in [1.165, 1.54) is 18.4 Å². The molecule has 1 aromatic carbocycles. The molecule has 0 bridgehead atoms. The summed E-state index contributed by atoms with van der Waals surface area (Å²) in [6.45, 7) is 3.28. The number of nitrogens with one attached hydrogen (secondary N) is 2. The third kappa shape index (κ3) is 4.55. The summed E-state index contributed by atoms with van der Waals surface area (Å²) < 4.78 is 32.0. The lowest BCUT2D eigenvalue weighted by molar-refractivity contribution is 0.129. The third-order valence-electron chi connectivity index (χ3n) is 3.62. The van der Waals surface area contributed by atoms with Gasteiger partial charge in [-0.15, -0.1) is 0 Å². The van der Waals surface area contributed by atoms with Crippen LogP contribution in [0.3, 0.4) is 0 Å². The Morgan fingerprint density at radius 2 is 1.96 bits per heavy atom. The number of benzene rings is 1. The van der Waals surface area contributed by atoms with Gasteiger partial charge in [-0.25, -0.2) is 13.6 Å². The van der Waals surface area contributed by atoms with Crippen LogP contribution in [0.25, 0.3) is 0 Å². The fourth-order valence-electron chi connectivity index (χ4n) is 2.39. The molecule has 3 unspecified atom stereocenters. The van der Waals surface area contributed by atoms with Crippen LogP contribution in [-0.2, 0) is 0 Å². The molecule has 0 radical (unpaired) electrons. The summed E-state index contributed by atoms with van der Waals surface area (Å²) in [4.78, 5) is 12.0. The molecular weight excluding hydrogens is 318 g/mol. The van der Waals surface area contributed by atoms with Crippen molar-refractivity contribution in [3.8, 4) is 0 Å². The van der Waals surface area contributed by atoms with E-state index in [0.717, 1.165) is 6.07 Å². The largest absolute Gasteiger partial charge is 0.467 e. The lowest BCUT2D eigenvalue weighted by Gasteiger charge is -2.20. The molecule has 0 spiro atoms. The van der Waals surface area contributed by atoms with E-state index >= 15 is 0 Å². The van der Waals surface area contributed by atoms with Gasteiger partial charge in [0.15, 0.2) is 11.6 Å². The Morgan fingerprint density at radius 1 is 1.21 bits per heavy atom. The highest BCUT2D eigenvalue weighted by Gasteiger charge is 2.19. The molecule has 2 amide bonds. The van der Waals surface area contributed by atoms with Crippen molar-refractivity contribution < 1.29 is 23.1 Å². The smallest absolute Gasteiger partial charge is 0.315 e. The van der Waals surface area contributed by atoms with Crippen LogP contribution in [0.15, 0.2) is 41.0 Å². The van der Waals surface area contributed by atoms with E-state index in [1.54, 1.807) is 26.0 Å². The Bertz CT molecular complexity index is 676. The molecule has 2 aromatic rings. The number of hydrogen-bond acceptors (Lipinski definition) is 3. The first-order chi connectivity index (χ1) is 11.4.